The van der Waals surface area contributed by atoms with E-state index >= 15 is 0 Å². The second-order valence-electron chi connectivity index (χ2n) is 6.48. The van der Waals surface area contributed by atoms with Gasteiger partial charge in [-0.25, -0.2) is 4.79 Å². The smallest absolute Gasteiger partial charge is 0.329 e. The van der Waals surface area contributed by atoms with Gasteiger partial charge < -0.3 is 9.84 Å². The third kappa shape index (κ3) is 5.19. The number of aromatic nitrogens is 1. The number of rotatable bonds is 7. The molecule has 0 unspecified atom stereocenters. The lowest BCUT2D eigenvalue weighted by Crippen LogP contribution is -2.24. The number of aliphatic imine (C=N–C) groups is 1. The van der Waals surface area contributed by atoms with Crippen molar-refractivity contribution in [1.29, 1.82) is 0 Å². The summed E-state index contributed by atoms with van der Waals surface area (Å²) in [5, 5.41) is 10.8. The molecule has 7 heteroatoms. The Morgan fingerprint density at radius 2 is 2.03 bits per heavy atom. The maximum Gasteiger partial charge on any atom is 0.329 e. The van der Waals surface area contributed by atoms with Crippen LogP contribution in [0.15, 0.2) is 59.6 Å². The number of hydrogen-bond acceptors (Lipinski definition) is 6. The summed E-state index contributed by atoms with van der Waals surface area (Å²) in [5.74, 6) is -0.506. The van der Waals surface area contributed by atoms with E-state index in [1.165, 1.54) is 15.9 Å². The summed E-state index contributed by atoms with van der Waals surface area (Å²) in [6.07, 6.45) is 1.94. The van der Waals surface area contributed by atoms with Gasteiger partial charge in [-0.3, -0.25) is 9.56 Å². The molecular weight excluding hydrogens is 404 g/mol. The maximum absolute atomic E-state index is 12.6. The van der Waals surface area contributed by atoms with Gasteiger partial charge >= 0.3 is 5.97 Å². The Labute approximate surface area is 178 Å². The van der Waals surface area contributed by atoms with Crippen molar-refractivity contribution in [2.75, 3.05) is 6.61 Å². The lowest BCUT2D eigenvalue weighted by Gasteiger charge is -2.18. The van der Waals surface area contributed by atoms with Gasteiger partial charge in [0.25, 0.3) is 0 Å². The summed E-state index contributed by atoms with van der Waals surface area (Å²) in [4.78, 5) is 17.6. The quantitative estimate of drug-likeness (QED) is 0.312. The second-order valence-corrected chi connectivity index (χ2v) is 8.16. The van der Waals surface area contributed by atoms with Gasteiger partial charge in [0.2, 0.25) is 5.88 Å². The molecule has 0 aliphatic carbocycles. The highest BCUT2D eigenvalue weighted by atomic mass is 32.1. The van der Waals surface area contributed by atoms with Crippen LogP contribution in [0.5, 0.6) is 5.88 Å². The molecule has 2 aromatic carbocycles. The molecule has 1 aromatic heterocycles. The van der Waals surface area contributed by atoms with Crippen LogP contribution >= 0.6 is 23.6 Å². The highest BCUT2D eigenvalue weighted by Crippen LogP contribution is 2.31. The van der Waals surface area contributed by atoms with E-state index in [2.05, 4.69) is 4.99 Å². The first kappa shape index (κ1) is 21.0. The van der Waals surface area contributed by atoms with Crippen molar-refractivity contribution in [2.24, 2.45) is 4.99 Å². The zero-order valence-corrected chi connectivity index (χ0v) is 17.9. The fraction of sp³-hybridized carbons (Fsp3) is 0.227. The molecule has 29 heavy (non-hydrogen) atoms. The van der Waals surface area contributed by atoms with E-state index in [4.69, 9.17) is 17.0 Å². The van der Waals surface area contributed by atoms with Gasteiger partial charge in [-0.05, 0) is 49.3 Å². The number of carbonyl (C=O) groups excluding carboxylic acids is 1. The predicted octanol–water partition coefficient (Wildman–Crippen LogP) is 5.39. The molecule has 0 aliphatic rings. The number of thiazole rings is 1. The molecule has 3 rings (SSSR count). The lowest BCUT2D eigenvalue weighted by molar-refractivity contribution is -0.147. The highest BCUT2D eigenvalue weighted by Gasteiger charge is 2.27. The van der Waals surface area contributed by atoms with Crippen LogP contribution in [0.3, 0.4) is 0 Å². The molecule has 0 spiro atoms. The van der Waals surface area contributed by atoms with Crippen molar-refractivity contribution in [3.05, 3.63) is 74.6 Å². The maximum atomic E-state index is 12.6. The molecule has 150 valence electrons. The van der Waals surface area contributed by atoms with Crippen LogP contribution in [-0.2, 0) is 16.0 Å². The van der Waals surface area contributed by atoms with Gasteiger partial charge in [0, 0.05) is 6.42 Å². The minimum Gasteiger partial charge on any atom is -0.493 e. The number of hydrogen-bond donors (Lipinski definition) is 1. The van der Waals surface area contributed by atoms with Gasteiger partial charge in [-0.15, -0.1) is 0 Å². The van der Waals surface area contributed by atoms with Crippen molar-refractivity contribution >= 4 is 41.4 Å². The van der Waals surface area contributed by atoms with E-state index in [0.717, 1.165) is 16.8 Å². The topological polar surface area (TPSA) is 63.8 Å². The molecule has 0 bridgehead atoms. The number of carbonyl (C=O) groups is 1. The fourth-order valence-corrected chi connectivity index (χ4v) is 4.23. The van der Waals surface area contributed by atoms with E-state index < -0.39 is 12.0 Å². The summed E-state index contributed by atoms with van der Waals surface area (Å²) >= 11 is 6.67. The standard InChI is InChI=1S/C22H22N2O3S2/c1-3-27-21(26)18(13-16-9-5-4-6-10-16)24-20(25)19(29-22(24)28)14-23-17-11-7-8-15(2)12-17/h4-12,14,18,25H,3,13H2,1-2H3/t18-/m0/s1. The van der Waals surface area contributed by atoms with Crippen LogP contribution in [0.25, 0.3) is 0 Å². The lowest BCUT2D eigenvalue weighted by atomic mass is 10.1. The Morgan fingerprint density at radius 1 is 1.28 bits per heavy atom. The largest absolute Gasteiger partial charge is 0.493 e. The van der Waals surface area contributed by atoms with Gasteiger partial charge in [-0.2, -0.15) is 0 Å². The highest BCUT2D eigenvalue weighted by molar-refractivity contribution is 7.73. The molecule has 1 atom stereocenters. The number of aryl methyl sites for hydroxylation is 1. The molecule has 0 fully saturated rings. The molecule has 0 radical (unpaired) electrons. The summed E-state index contributed by atoms with van der Waals surface area (Å²) < 4.78 is 7.10. The van der Waals surface area contributed by atoms with Gasteiger partial charge in [-0.1, -0.05) is 53.8 Å². The number of ether oxygens (including phenoxy) is 1. The fourth-order valence-electron chi connectivity index (χ4n) is 2.95. The minimum atomic E-state index is -0.748. The average molecular weight is 427 g/mol. The summed E-state index contributed by atoms with van der Waals surface area (Å²) in [6, 6.07) is 16.6. The Kier molecular flexibility index (Phi) is 6.95. The number of benzene rings is 2. The average Bonchev–Trinajstić information content (AvgIpc) is 2.99. The molecule has 0 aliphatic heterocycles. The van der Waals surface area contributed by atoms with Crippen LogP contribution in [-0.4, -0.2) is 28.5 Å². The van der Waals surface area contributed by atoms with Crippen molar-refractivity contribution in [1.82, 2.24) is 4.57 Å². The summed E-state index contributed by atoms with van der Waals surface area (Å²) in [5.41, 5.74) is 2.83. The molecular formula is C22H22N2O3S2. The van der Waals surface area contributed by atoms with Crippen LogP contribution < -0.4 is 0 Å². The van der Waals surface area contributed by atoms with Crippen molar-refractivity contribution < 1.29 is 14.6 Å². The van der Waals surface area contributed by atoms with Crippen LogP contribution in [0.4, 0.5) is 5.69 Å². The zero-order valence-electron chi connectivity index (χ0n) is 16.2. The molecule has 1 N–H and O–H groups in total. The number of nitrogens with zero attached hydrogens (tertiary/aromatic N) is 2. The van der Waals surface area contributed by atoms with Crippen molar-refractivity contribution in [2.45, 2.75) is 26.3 Å². The van der Waals surface area contributed by atoms with Crippen molar-refractivity contribution in [3.63, 3.8) is 0 Å². The van der Waals surface area contributed by atoms with Gasteiger partial charge in [0.1, 0.15) is 10.9 Å². The first-order chi connectivity index (χ1) is 14.0. The van der Waals surface area contributed by atoms with Crippen molar-refractivity contribution in [3.8, 4) is 5.88 Å². The SMILES string of the molecule is CCOC(=O)[C@H](Cc1ccccc1)n1c(O)c(C=Nc2cccc(C)c2)sc1=S. The molecule has 0 amide bonds. The minimum absolute atomic E-state index is 0.0783. The number of esters is 1. The van der Waals surface area contributed by atoms with E-state index in [1.807, 2.05) is 61.5 Å². The van der Waals surface area contributed by atoms with E-state index in [-0.39, 0.29) is 12.5 Å². The van der Waals surface area contributed by atoms with E-state index in [0.29, 0.717) is 15.3 Å². The predicted molar refractivity (Wildman–Crippen MR) is 119 cm³/mol. The number of aromatic hydroxyl groups is 1. The van der Waals surface area contributed by atoms with E-state index in [9.17, 15) is 9.90 Å². The second kappa shape index (κ2) is 9.62. The summed E-state index contributed by atoms with van der Waals surface area (Å²) in [7, 11) is 0. The Bertz CT molecular complexity index is 1070. The normalized spacial score (nSPS) is 12.2. The third-order valence-corrected chi connectivity index (χ3v) is 5.64. The molecule has 5 nitrogen and oxygen atoms in total. The first-order valence-corrected chi connectivity index (χ1v) is 10.5. The Hall–Kier alpha value is -2.77. The monoisotopic (exact) mass is 426 g/mol. The molecule has 0 saturated carbocycles. The van der Waals surface area contributed by atoms with Crippen LogP contribution in [0.2, 0.25) is 0 Å². The van der Waals surface area contributed by atoms with E-state index in [1.54, 1.807) is 13.1 Å². The summed E-state index contributed by atoms with van der Waals surface area (Å²) in [6.45, 7) is 4.00. The third-order valence-electron chi connectivity index (χ3n) is 4.32. The first-order valence-electron chi connectivity index (χ1n) is 9.25. The van der Waals surface area contributed by atoms with Gasteiger partial charge in [0.05, 0.1) is 18.5 Å². The van der Waals surface area contributed by atoms with Crippen LogP contribution in [0.1, 0.15) is 29.0 Å². The van der Waals surface area contributed by atoms with Gasteiger partial charge in [0.15, 0.2) is 3.95 Å². The Balaban J connectivity index is 1.96. The molecule has 3 aromatic rings. The Morgan fingerprint density at radius 3 is 2.72 bits per heavy atom. The molecule has 0 saturated heterocycles. The zero-order chi connectivity index (χ0) is 20.8. The van der Waals surface area contributed by atoms with Crippen LogP contribution in [0, 0.1) is 10.9 Å². The molecule has 1 heterocycles.